The number of fused-ring (bicyclic) bond motifs is 5. The number of hydrogen-bond acceptors (Lipinski definition) is 2. The van der Waals surface area contributed by atoms with Gasteiger partial charge in [0.2, 0.25) is 0 Å². The van der Waals surface area contributed by atoms with Crippen LogP contribution in [0.1, 0.15) is 20.3 Å². The van der Waals surface area contributed by atoms with Crippen LogP contribution in [-0.4, -0.2) is 11.6 Å². The Morgan fingerprint density at radius 2 is 1.26 bits per heavy atom. The van der Waals surface area contributed by atoms with Crippen LogP contribution >= 0.6 is 0 Å². The summed E-state index contributed by atoms with van der Waals surface area (Å²) in [5.41, 5.74) is 2.97. The van der Waals surface area contributed by atoms with E-state index in [9.17, 15) is 9.59 Å². The summed E-state index contributed by atoms with van der Waals surface area (Å²) in [5, 5.41) is 0. The fourth-order valence-corrected chi connectivity index (χ4v) is 5.03. The molecule has 0 saturated heterocycles. The van der Waals surface area contributed by atoms with Gasteiger partial charge in [0.15, 0.2) is 11.6 Å². The van der Waals surface area contributed by atoms with Crippen LogP contribution in [0.2, 0.25) is 0 Å². The van der Waals surface area contributed by atoms with E-state index in [1.807, 2.05) is 0 Å². The first kappa shape index (κ1) is 11.4. The van der Waals surface area contributed by atoms with Crippen molar-refractivity contribution in [1.29, 1.82) is 0 Å². The number of carbonyl (C=O) groups is 2. The van der Waals surface area contributed by atoms with Crippen LogP contribution in [0.25, 0.3) is 0 Å². The molecule has 0 fully saturated rings. The smallest absolute Gasteiger partial charge is 0.160 e. The highest BCUT2D eigenvalue weighted by Gasteiger charge is 2.52. The van der Waals surface area contributed by atoms with Gasteiger partial charge in [-0.3, -0.25) is 9.59 Å². The first-order valence-corrected chi connectivity index (χ1v) is 7.27. The van der Waals surface area contributed by atoms with E-state index in [1.165, 1.54) is 29.7 Å². The van der Waals surface area contributed by atoms with Gasteiger partial charge >= 0.3 is 0 Å². The van der Waals surface area contributed by atoms with Crippen molar-refractivity contribution in [2.24, 2.45) is 35.5 Å². The molecule has 6 atom stereocenters. The zero-order valence-electron chi connectivity index (χ0n) is 11.3. The molecular formula is C17H18O2. The third-order valence-electron chi connectivity index (χ3n) is 5.73. The van der Waals surface area contributed by atoms with E-state index in [-0.39, 0.29) is 35.2 Å². The highest BCUT2D eigenvalue weighted by molar-refractivity contribution is 6.08. The molecule has 0 aromatic heterocycles. The molecule has 0 N–H and O–H groups in total. The van der Waals surface area contributed by atoms with Gasteiger partial charge in [-0.1, -0.05) is 37.1 Å². The lowest BCUT2D eigenvalue weighted by molar-refractivity contribution is -0.132. The van der Waals surface area contributed by atoms with Gasteiger partial charge in [-0.15, -0.1) is 0 Å². The molecule has 4 aliphatic rings. The number of carbonyl (C=O) groups excluding carboxylic acids is 2. The second-order valence-corrected chi connectivity index (χ2v) is 6.51. The molecule has 98 valence electrons. The number of allylic oxidation sites excluding steroid dienone is 6. The monoisotopic (exact) mass is 254 g/mol. The normalized spacial score (nSPS) is 46.8. The molecule has 0 amide bonds. The van der Waals surface area contributed by atoms with Crippen molar-refractivity contribution in [2.75, 3.05) is 0 Å². The Morgan fingerprint density at radius 1 is 0.842 bits per heavy atom. The summed E-state index contributed by atoms with van der Waals surface area (Å²) in [6, 6.07) is 0. The Balaban J connectivity index is 1.86. The van der Waals surface area contributed by atoms with E-state index < -0.39 is 0 Å². The minimum Gasteiger partial charge on any atom is -0.294 e. The molecule has 2 bridgehead atoms. The average molecular weight is 254 g/mol. The highest BCUT2D eigenvalue weighted by Crippen LogP contribution is 2.57. The predicted molar refractivity (Wildman–Crippen MR) is 72.2 cm³/mol. The molecular weight excluding hydrogens is 236 g/mol. The first-order valence-electron chi connectivity index (χ1n) is 7.27. The van der Waals surface area contributed by atoms with Gasteiger partial charge in [0.25, 0.3) is 0 Å². The second kappa shape index (κ2) is 3.56. The van der Waals surface area contributed by atoms with E-state index in [4.69, 9.17) is 0 Å². The number of rotatable bonds is 0. The fraction of sp³-hybridized carbons (Fsp3) is 0.529. The van der Waals surface area contributed by atoms with Crippen LogP contribution in [0, 0.1) is 35.5 Å². The Kier molecular flexibility index (Phi) is 2.13. The van der Waals surface area contributed by atoms with Crippen molar-refractivity contribution >= 4 is 11.6 Å². The SMILES string of the molecule is C[C@@H]1C2=C([C@H]3C=C[C@H]2C3)[C@H](C)[C@@H]2C(=O)C=CC(=O)[C@@H]21. The zero-order chi connectivity index (χ0) is 13.3. The summed E-state index contributed by atoms with van der Waals surface area (Å²) in [5.74, 6) is 1.62. The molecule has 0 spiro atoms. The van der Waals surface area contributed by atoms with Gasteiger partial charge < -0.3 is 0 Å². The largest absolute Gasteiger partial charge is 0.294 e. The summed E-state index contributed by atoms with van der Waals surface area (Å²) in [4.78, 5) is 24.5. The van der Waals surface area contributed by atoms with Crippen LogP contribution in [0.5, 0.6) is 0 Å². The summed E-state index contributed by atoms with van der Waals surface area (Å²) in [6.45, 7) is 4.30. The quantitative estimate of drug-likeness (QED) is 0.623. The van der Waals surface area contributed by atoms with E-state index in [0.717, 1.165) is 0 Å². The van der Waals surface area contributed by atoms with Gasteiger partial charge in [0, 0.05) is 11.8 Å². The summed E-state index contributed by atoms with van der Waals surface area (Å²) < 4.78 is 0. The molecule has 4 rings (SSSR count). The van der Waals surface area contributed by atoms with Crippen molar-refractivity contribution in [1.82, 2.24) is 0 Å². The molecule has 2 nitrogen and oxygen atoms in total. The minimum atomic E-state index is -0.112. The molecule has 2 heteroatoms. The maximum Gasteiger partial charge on any atom is 0.160 e. The van der Waals surface area contributed by atoms with Crippen LogP contribution in [0.15, 0.2) is 35.5 Å². The Hall–Kier alpha value is -1.44. The lowest BCUT2D eigenvalue weighted by Crippen LogP contribution is -2.45. The molecule has 0 aromatic carbocycles. The number of ketones is 2. The maximum absolute atomic E-state index is 12.2. The van der Waals surface area contributed by atoms with Gasteiger partial charge in [-0.2, -0.15) is 0 Å². The first-order chi connectivity index (χ1) is 9.09. The maximum atomic E-state index is 12.2. The molecule has 0 aromatic rings. The fourth-order valence-electron chi connectivity index (χ4n) is 5.03. The van der Waals surface area contributed by atoms with Crippen LogP contribution in [0.3, 0.4) is 0 Å². The van der Waals surface area contributed by atoms with Crippen molar-refractivity contribution < 1.29 is 9.59 Å². The Bertz CT molecular complexity index is 530. The summed E-state index contributed by atoms with van der Waals surface area (Å²) in [6.07, 6.45) is 8.78. The van der Waals surface area contributed by atoms with Gasteiger partial charge in [0.1, 0.15) is 0 Å². The lowest BCUT2D eigenvalue weighted by Gasteiger charge is -2.43. The third-order valence-corrected chi connectivity index (χ3v) is 5.73. The van der Waals surface area contributed by atoms with Gasteiger partial charge in [0.05, 0.1) is 0 Å². The molecule has 19 heavy (non-hydrogen) atoms. The number of hydrogen-bond donors (Lipinski definition) is 0. The van der Waals surface area contributed by atoms with E-state index >= 15 is 0 Å². The molecule has 0 saturated carbocycles. The van der Waals surface area contributed by atoms with Crippen molar-refractivity contribution in [3.8, 4) is 0 Å². The summed E-state index contributed by atoms with van der Waals surface area (Å²) >= 11 is 0. The Morgan fingerprint density at radius 3 is 1.68 bits per heavy atom. The molecule has 0 radical (unpaired) electrons. The van der Waals surface area contributed by atoms with E-state index in [0.29, 0.717) is 11.8 Å². The standard InChI is InChI=1S/C17H18O2/c1-8-14-10-3-4-11(7-10)15(14)9(2)17-13(19)6-5-12(18)16(8)17/h3-6,8-11,16-17H,7H2,1-2H3/t8-,9+,10-,11-,16+,17-/m0/s1. The lowest BCUT2D eigenvalue weighted by atomic mass is 9.59. The molecule has 0 heterocycles. The molecule has 4 aliphatic carbocycles. The predicted octanol–water partition coefficient (Wildman–Crippen LogP) is 2.72. The van der Waals surface area contributed by atoms with E-state index in [1.54, 1.807) is 0 Å². The molecule has 0 aliphatic heterocycles. The Labute approximate surface area is 113 Å². The third kappa shape index (κ3) is 1.27. The van der Waals surface area contributed by atoms with Gasteiger partial charge in [-0.05, 0) is 42.2 Å². The molecule has 0 unspecified atom stereocenters. The van der Waals surface area contributed by atoms with Crippen molar-refractivity contribution in [2.45, 2.75) is 20.3 Å². The summed E-state index contributed by atoms with van der Waals surface area (Å²) in [7, 11) is 0. The van der Waals surface area contributed by atoms with Crippen molar-refractivity contribution in [3.63, 3.8) is 0 Å². The van der Waals surface area contributed by atoms with Crippen molar-refractivity contribution in [3.05, 3.63) is 35.5 Å². The second-order valence-electron chi connectivity index (χ2n) is 6.51. The topological polar surface area (TPSA) is 34.1 Å². The zero-order valence-corrected chi connectivity index (χ0v) is 11.3. The van der Waals surface area contributed by atoms with Crippen LogP contribution in [-0.2, 0) is 9.59 Å². The van der Waals surface area contributed by atoms with Crippen LogP contribution in [0.4, 0.5) is 0 Å². The minimum absolute atomic E-state index is 0.112. The van der Waals surface area contributed by atoms with Gasteiger partial charge in [-0.25, -0.2) is 0 Å². The van der Waals surface area contributed by atoms with E-state index in [2.05, 4.69) is 26.0 Å². The average Bonchev–Trinajstić information content (AvgIpc) is 2.99. The van der Waals surface area contributed by atoms with Crippen LogP contribution < -0.4 is 0 Å². The highest BCUT2D eigenvalue weighted by atomic mass is 16.1.